The number of anilines is 2. The normalized spacial score (nSPS) is 23.2. The zero-order valence-corrected chi connectivity index (χ0v) is 27.5. The molecule has 1 aromatic carbocycles. The standard InChI is InChI=1S/C35H52N8O/c1-24-17-33-26(18-30(24)27(19-36)20-37-5)7-6-13-42(33)34-31-22-41(25(2)44)16-11-32(31)43(39-34)29-9-14-40(15-10-29)21-28-8-12-38-23-35(28,3)4/h17-20,28-29,38H,6-16,21-23,36H2,1-5H3/b27-19+,37-20?. The molecule has 1 amide bonds. The van der Waals surface area contributed by atoms with Crippen LogP contribution in [0.5, 0.6) is 0 Å². The number of fused-ring (bicyclic) bond motifs is 2. The second kappa shape index (κ2) is 12.7. The number of hydrogen-bond donors (Lipinski definition) is 2. The molecule has 4 aliphatic heterocycles. The second-order valence-corrected chi connectivity index (χ2v) is 14.1. The van der Waals surface area contributed by atoms with E-state index in [1.165, 1.54) is 41.0 Å². The molecular weight excluding hydrogens is 548 g/mol. The second-order valence-electron chi connectivity index (χ2n) is 14.1. The maximum absolute atomic E-state index is 12.5. The quantitative estimate of drug-likeness (QED) is 0.476. The molecule has 0 aliphatic carbocycles. The van der Waals surface area contributed by atoms with E-state index in [1.807, 2.05) is 11.1 Å². The van der Waals surface area contributed by atoms with Crippen LogP contribution in [0.1, 0.15) is 80.4 Å². The average molecular weight is 601 g/mol. The van der Waals surface area contributed by atoms with Gasteiger partial charge in [0.15, 0.2) is 5.82 Å². The Hall–Kier alpha value is -3.17. The van der Waals surface area contributed by atoms with E-state index in [1.54, 1.807) is 20.2 Å². The van der Waals surface area contributed by atoms with E-state index < -0.39 is 0 Å². The highest BCUT2D eigenvalue weighted by molar-refractivity contribution is 6.10. The molecule has 9 nitrogen and oxygen atoms in total. The van der Waals surface area contributed by atoms with Crippen LogP contribution >= 0.6 is 0 Å². The van der Waals surface area contributed by atoms with Crippen molar-refractivity contribution >= 4 is 29.2 Å². The molecule has 5 heterocycles. The van der Waals surface area contributed by atoms with Crippen molar-refractivity contribution in [3.05, 3.63) is 46.3 Å². The van der Waals surface area contributed by atoms with Gasteiger partial charge in [0, 0.05) is 94.6 Å². The molecule has 4 aliphatic rings. The first kappa shape index (κ1) is 30.8. The molecule has 2 fully saturated rings. The van der Waals surface area contributed by atoms with E-state index in [0.717, 1.165) is 94.2 Å². The summed E-state index contributed by atoms with van der Waals surface area (Å²) in [7, 11) is 1.78. The summed E-state index contributed by atoms with van der Waals surface area (Å²) in [6.07, 6.45) is 9.95. The molecule has 1 unspecified atom stereocenters. The Morgan fingerprint density at radius 2 is 1.95 bits per heavy atom. The Balaban J connectivity index is 1.29. The minimum absolute atomic E-state index is 0.140. The SMILES string of the molecule is CN=C/C(=C\N)c1cc2c(cc1C)N(c1nn(C3CCN(CC4CCNCC4(C)C)CC3)c3c1CN(C(C)=O)CC3)CCC2. The summed E-state index contributed by atoms with van der Waals surface area (Å²) < 4.78 is 2.39. The lowest BCUT2D eigenvalue weighted by atomic mass is 9.74. The zero-order valence-electron chi connectivity index (χ0n) is 27.5. The smallest absolute Gasteiger partial charge is 0.219 e. The van der Waals surface area contributed by atoms with Crippen LogP contribution in [0.4, 0.5) is 11.5 Å². The average Bonchev–Trinajstić information content (AvgIpc) is 3.39. The lowest BCUT2D eigenvalue weighted by Crippen LogP contribution is -2.48. The number of piperidine rings is 2. The minimum Gasteiger partial charge on any atom is -0.404 e. The first-order valence-electron chi connectivity index (χ1n) is 16.7. The fraction of sp³-hybridized carbons (Fsp3) is 0.629. The van der Waals surface area contributed by atoms with Crippen molar-refractivity contribution < 1.29 is 4.79 Å². The van der Waals surface area contributed by atoms with E-state index >= 15 is 0 Å². The Labute approximate surface area is 263 Å². The molecule has 44 heavy (non-hydrogen) atoms. The van der Waals surface area contributed by atoms with Crippen LogP contribution in [0.3, 0.4) is 0 Å². The van der Waals surface area contributed by atoms with Crippen LogP contribution in [0.2, 0.25) is 0 Å². The molecule has 238 valence electrons. The molecule has 0 radical (unpaired) electrons. The Morgan fingerprint density at radius 1 is 1.16 bits per heavy atom. The first-order chi connectivity index (χ1) is 21.2. The molecule has 3 N–H and O–H groups in total. The highest BCUT2D eigenvalue weighted by Gasteiger charge is 2.36. The number of aliphatic imine (C=N–C) groups is 1. The van der Waals surface area contributed by atoms with E-state index in [2.05, 4.69) is 57.7 Å². The van der Waals surface area contributed by atoms with E-state index in [-0.39, 0.29) is 5.91 Å². The summed E-state index contributed by atoms with van der Waals surface area (Å²) >= 11 is 0. The maximum atomic E-state index is 12.5. The maximum Gasteiger partial charge on any atom is 0.219 e. The Kier molecular flexibility index (Phi) is 8.88. The number of amides is 1. The molecule has 9 heteroatoms. The summed E-state index contributed by atoms with van der Waals surface area (Å²) in [6, 6.07) is 4.99. The van der Waals surface area contributed by atoms with Gasteiger partial charge in [0.25, 0.3) is 0 Å². The van der Waals surface area contributed by atoms with E-state index in [0.29, 0.717) is 18.0 Å². The number of carbonyl (C=O) groups excluding carboxylic acids is 1. The molecule has 2 aromatic rings. The van der Waals surface area contributed by atoms with E-state index in [4.69, 9.17) is 10.8 Å². The molecule has 1 aromatic heterocycles. The van der Waals surface area contributed by atoms with Gasteiger partial charge < -0.3 is 25.8 Å². The monoisotopic (exact) mass is 600 g/mol. The number of likely N-dealkylation sites (tertiary alicyclic amines) is 1. The Morgan fingerprint density at radius 3 is 2.66 bits per heavy atom. The molecular formula is C35H52N8O. The lowest BCUT2D eigenvalue weighted by molar-refractivity contribution is -0.129. The number of carbonyl (C=O) groups is 1. The van der Waals surface area contributed by atoms with Crippen LogP contribution in [0.25, 0.3) is 5.57 Å². The predicted molar refractivity (Wildman–Crippen MR) is 180 cm³/mol. The van der Waals surface area contributed by atoms with Crippen LogP contribution in [-0.4, -0.2) is 84.6 Å². The highest BCUT2D eigenvalue weighted by Crippen LogP contribution is 2.41. The van der Waals surface area contributed by atoms with Gasteiger partial charge in [-0.3, -0.25) is 14.5 Å². The number of nitrogens with zero attached hydrogens (tertiary/aromatic N) is 6. The summed E-state index contributed by atoms with van der Waals surface area (Å²) in [5.74, 6) is 1.93. The third-order valence-electron chi connectivity index (χ3n) is 10.8. The zero-order chi connectivity index (χ0) is 31.0. The number of aromatic nitrogens is 2. The number of rotatable bonds is 6. The topological polar surface area (TPSA) is 95.0 Å². The van der Waals surface area contributed by atoms with Gasteiger partial charge in [-0.15, -0.1) is 0 Å². The van der Waals surface area contributed by atoms with Gasteiger partial charge in [0.1, 0.15) is 0 Å². The minimum atomic E-state index is 0.140. The number of benzene rings is 1. The van der Waals surface area contributed by atoms with Gasteiger partial charge in [-0.25, -0.2) is 0 Å². The molecule has 6 rings (SSSR count). The van der Waals surface area contributed by atoms with Gasteiger partial charge in [-0.2, -0.15) is 5.10 Å². The van der Waals surface area contributed by atoms with Gasteiger partial charge in [-0.1, -0.05) is 13.8 Å². The molecule has 1 atom stereocenters. The van der Waals surface area contributed by atoms with Gasteiger partial charge in [-0.05, 0) is 85.7 Å². The van der Waals surface area contributed by atoms with Crippen LogP contribution in [0.15, 0.2) is 23.3 Å². The van der Waals surface area contributed by atoms with Crippen molar-refractivity contribution in [2.75, 3.05) is 57.8 Å². The molecule has 0 saturated carbocycles. The van der Waals surface area contributed by atoms with Crippen molar-refractivity contribution in [3.63, 3.8) is 0 Å². The number of aryl methyl sites for hydroxylation is 2. The number of nitrogens with one attached hydrogen (secondary N) is 1. The molecule has 0 bridgehead atoms. The fourth-order valence-electron chi connectivity index (χ4n) is 8.04. The van der Waals surface area contributed by atoms with Crippen LogP contribution < -0.4 is 16.0 Å². The van der Waals surface area contributed by atoms with Gasteiger partial charge in [0.2, 0.25) is 5.91 Å². The van der Waals surface area contributed by atoms with Crippen molar-refractivity contribution in [1.29, 1.82) is 0 Å². The van der Waals surface area contributed by atoms with Crippen molar-refractivity contribution in [1.82, 2.24) is 24.9 Å². The molecule has 2 saturated heterocycles. The third-order valence-corrected chi connectivity index (χ3v) is 10.8. The number of nitrogens with two attached hydrogens (primary N) is 1. The predicted octanol–water partition coefficient (Wildman–Crippen LogP) is 4.45. The van der Waals surface area contributed by atoms with Crippen molar-refractivity contribution in [2.45, 2.75) is 78.8 Å². The van der Waals surface area contributed by atoms with Crippen molar-refractivity contribution in [2.24, 2.45) is 22.1 Å². The number of allylic oxidation sites excluding steroid dienone is 1. The van der Waals surface area contributed by atoms with Gasteiger partial charge in [0.05, 0.1) is 12.6 Å². The highest BCUT2D eigenvalue weighted by atomic mass is 16.2. The summed E-state index contributed by atoms with van der Waals surface area (Å²) in [5.41, 5.74) is 14.7. The Bertz CT molecular complexity index is 1430. The van der Waals surface area contributed by atoms with Crippen molar-refractivity contribution in [3.8, 4) is 0 Å². The fourth-order valence-corrected chi connectivity index (χ4v) is 8.04. The first-order valence-corrected chi connectivity index (χ1v) is 16.7. The van der Waals surface area contributed by atoms with Crippen LogP contribution in [-0.2, 0) is 24.2 Å². The van der Waals surface area contributed by atoms with Crippen LogP contribution in [0, 0.1) is 18.3 Å². The third kappa shape index (κ3) is 5.93. The summed E-state index contributed by atoms with van der Waals surface area (Å²) in [5, 5.41) is 9.05. The number of hydrogen-bond acceptors (Lipinski definition) is 7. The largest absolute Gasteiger partial charge is 0.404 e. The lowest BCUT2D eigenvalue weighted by Gasteiger charge is -2.43. The van der Waals surface area contributed by atoms with E-state index in [9.17, 15) is 4.79 Å². The summed E-state index contributed by atoms with van der Waals surface area (Å²) in [4.78, 5) is 23.9. The van der Waals surface area contributed by atoms with Gasteiger partial charge >= 0.3 is 0 Å². The molecule has 0 spiro atoms. The summed E-state index contributed by atoms with van der Waals surface area (Å²) in [6.45, 7) is 16.7.